The number of hydrogen-bond donors (Lipinski definition) is 1. The van der Waals surface area contributed by atoms with Crippen molar-refractivity contribution in [2.24, 2.45) is 52.8 Å². The number of carbonyl (C=O) groups excluding carboxylic acids is 1. The fraction of sp³-hybridized carbons (Fsp3) is 0.925. The van der Waals surface area contributed by atoms with E-state index in [0.29, 0.717) is 36.0 Å². The van der Waals surface area contributed by atoms with Gasteiger partial charge in [0.25, 0.3) is 0 Å². The standard InChI is InChI=1S/C40H66N2O5/c1-25(2)35-17-32-19-39(23-43,34-11-10-26(3)29(34)6)40(35,45-24-44)38(32)36-18-31(16-30-8-7-9-30)37(47-36)22-41-14-12-33(13-15-41)42-20-27(4)46-28(5)21-42/h17,23,25-34,36-38,44H,7-16,18-22,24H2,1-6H3/t26-,27-,28+,29?,31+,32?,34-,36-,37+,38?,39?,40?/m1/s1. The van der Waals surface area contributed by atoms with E-state index in [-0.39, 0.29) is 42.7 Å². The second kappa shape index (κ2) is 13.7. The van der Waals surface area contributed by atoms with E-state index in [1.807, 2.05) is 0 Å². The summed E-state index contributed by atoms with van der Waals surface area (Å²) in [7, 11) is 0. The third-order valence-electron chi connectivity index (χ3n) is 14.9. The fourth-order valence-electron chi connectivity index (χ4n) is 12.5. The molecule has 0 aromatic heterocycles. The van der Waals surface area contributed by atoms with E-state index < -0.39 is 11.0 Å². The van der Waals surface area contributed by atoms with Crippen molar-refractivity contribution in [2.45, 2.75) is 142 Å². The number of hydrogen-bond acceptors (Lipinski definition) is 7. The molecule has 3 saturated heterocycles. The summed E-state index contributed by atoms with van der Waals surface area (Å²) in [5.41, 5.74) is -0.135. The molecule has 266 valence electrons. The van der Waals surface area contributed by atoms with E-state index in [0.717, 1.165) is 57.9 Å². The quantitative estimate of drug-likeness (QED) is 0.159. The molecule has 1 N–H and O–H groups in total. The van der Waals surface area contributed by atoms with Gasteiger partial charge in [0.2, 0.25) is 0 Å². The highest BCUT2D eigenvalue weighted by atomic mass is 16.6. The lowest BCUT2D eigenvalue weighted by Crippen LogP contribution is -2.59. The van der Waals surface area contributed by atoms with Gasteiger partial charge in [-0.2, -0.15) is 0 Å². The number of piperidine rings is 1. The van der Waals surface area contributed by atoms with Crippen molar-refractivity contribution in [1.29, 1.82) is 0 Å². The number of likely N-dealkylation sites (tertiary alicyclic amines) is 1. The molecule has 0 spiro atoms. The normalized spacial score (nSPS) is 46.8. The van der Waals surface area contributed by atoms with E-state index in [4.69, 9.17) is 14.2 Å². The Morgan fingerprint density at radius 3 is 2.32 bits per heavy atom. The Balaban J connectivity index is 1.12. The maximum atomic E-state index is 13.7. The van der Waals surface area contributed by atoms with Crippen molar-refractivity contribution in [3.8, 4) is 0 Å². The van der Waals surface area contributed by atoms with Crippen molar-refractivity contribution in [2.75, 3.05) is 39.5 Å². The third-order valence-corrected chi connectivity index (χ3v) is 14.9. The smallest absolute Gasteiger partial charge is 0.144 e. The number of carbonyl (C=O) groups is 1. The Bertz CT molecular complexity index is 1120. The summed E-state index contributed by atoms with van der Waals surface area (Å²) >= 11 is 0. The van der Waals surface area contributed by atoms with Gasteiger partial charge in [-0.3, -0.25) is 4.90 Å². The number of ether oxygens (including phenoxy) is 3. The lowest BCUT2D eigenvalue weighted by atomic mass is 9.57. The number of aliphatic hydroxyl groups excluding tert-OH is 1. The van der Waals surface area contributed by atoms with Crippen molar-refractivity contribution in [3.63, 3.8) is 0 Å². The monoisotopic (exact) mass is 654 g/mol. The summed E-state index contributed by atoms with van der Waals surface area (Å²) in [5, 5.41) is 10.6. The van der Waals surface area contributed by atoms with Crippen LogP contribution in [0.2, 0.25) is 0 Å². The van der Waals surface area contributed by atoms with Crippen LogP contribution in [0.25, 0.3) is 0 Å². The molecule has 47 heavy (non-hydrogen) atoms. The predicted molar refractivity (Wildman–Crippen MR) is 185 cm³/mol. The van der Waals surface area contributed by atoms with E-state index in [2.05, 4.69) is 57.4 Å². The Kier molecular flexibility index (Phi) is 10.1. The first-order chi connectivity index (χ1) is 22.6. The molecule has 0 radical (unpaired) electrons. The molecule has 0 amide bonds. The van der Waals surface area contributed by atoms with Crippen LogP contribution in [0, 0.1) is 52.8 Å². The van der Waals surface area contributed by atoms with Crippen LogP contribution in [0.3, 0.4) is 0 Å². The van der Waals surface area contributed by atoms with E-state index in [1.54, 1.807) is 0 Å². The molecular weight excluding hydrogens is 588 g/mol. The maximum Gasteiger partial charge on any atom is 0.144 e. The highest BCUT2D eigenvalue weighted by Gasteiger charge is 2.74. The van der Waals surface area contributed by atoms with E-state index in [1.165, 1.54) is 56.8 Å². The zero-order chi connectivity index (χ0) is 33.1. The molecule has 3 saturated carbocycles. The van der Waals surface area contributed by atoms with Gasteiger partial charge in [-0.05, 0) is 112 Å². The first kappa shape index (κ1) is 34.6. The first-order valence-corrected chi connectivity index (χ1v) is 19.8. The molecule has 7 heteroatoms. The SMILES string of the molecule is CC(C)C1=CC2CC(C=O)([C@@H]3CC[C@@H](C)C3C)C1(OCO)C2[C@H]1C[C@H](CC2CCC2)[C@H](CN2CCC(N3C[C@@H](C)O[C@@H](C)C3)CC2)O1. The second-order valence-corrected chi connectivity index (χ2v) is 17.8. The van der Waals surface area contributed by atoms with Crippen LogP contribution >= 0.6 is 0 Å². The van der Waals surface area contributed by atoms with Crippen molar-refractivity contribution in [3.05, 3.63) is 11.6 Å². The van der Waals surface area contributed by atoms with Crippen molar-refractivity contribution >= 4 is 6.29 Å². The van der Waals surface area contributed by atoms with Crippen LogP contribution in [0.4, 0.5) is 0 Å². The van der Waals surface area contributed by atoms with E-state index in [9.17, 15) is 9.90 Å². The van der Waals surface area contributed by atoms with Crippen molar-refractivity contribution < 1.29 is 24.1 Å². The zero-order valence-corrected chi connectivity index (χ0v) is 30.4. The minimum Gasteiger partial charge on any atom is -0.373 e. The minimum atomic E-state index is -0.781. The summed E-state index contributed by atoms with van der Waals surface area (Å²) in [5.74, 6) is 3.33. The number of rotatable bonds is 11. The molecule has 0 aromatic rings. The molecule has 7 nitrogen and oxygen atoms in total. The molecule has 4 aliphatic carbocycles. The predicted octanol–water partition coefficient (Wildman–Crippen LogP) is 6.33. The molecule has 2 bridgehead atoms. The molecule has 3 aliphatic heterocycles. The molecule has 7 rings (SSSR count). The highest BCUT2D eigenvalue weighted by molar-refractivity contribution is 5.69. The van der Waals surface area contributed by atoms with Gasteiger partial charge < -0.3 is 29.0 Å². The summed E-state index contributed by atoms with van der Waals surface area (Å²) in [6.45, 7) is 18.7. The largest absolute Gasteiger partial charge is 0.373 e. The topological polar surface area (TPSA) is 71.5 Å². The Labute approximate surface area is 285 Å². The van der Waals surface area contributed by atoms with Gasteiger partial charge in [0.15, 0.2) is 0 Å². The summed E-state index contributed by atoms with van der Waals surface area (Å²) in [6.07, 6.45) is 16.6. The van der Waals surface area contributed by atoms with Gasteiger partial charge in [-0.25, -0.2) is 0 Å². The van der Waals surface area contributed by atoms with Crippen LogP contribution in [0.15, 0.2) is 11.6 Å². The van der Waals surface area contributed by atoms with Gasteiger partial charge in [0.05, 0.1) is 29.8 Å². The Morgan fingerprint density at radius 1 is 1.02 bits per heavy atom. The molecule has 12 atom stereocenters. The summed E-state index contributed by atoms with van der Waals surface area (Å²) in [4.78, 5) is 19.1. The summed E-state index contributed by atoms with van der Waals surface area (Å²) < 4.78 is 20.1. The third kappa shape index (κ3) is 5.93. The lowest BCUT2D eigenvalue weighted by Gasteiger charge is -2.52. The minimum absolute atomic E-state index is 0.0546. The van der Waals surface area contributed by atoms with Crippen LogP contribution in [0.1, 0.15) is 106 Å². The molecular formula is C40H66N2O5. The van der Waals surface area contributed by atoms with Gasteiger partial charge in [-0.1, -0.05) is 59.5 Å². The number of morpholine rings is 1. The maximum absolute atomic E-state index is 13.7. The van der Waals surface area contributed by atoms with Gasteiger partial charge >= 0.3 is 0 Å². The number of nitrogens with zero attached hydrogens (tertiary/aromatic N) is 2. The highest BCUT2D eigenvalue weighted by Crippen LogP contribution is 2.71. The fourth-order valence-corrected chi connectivity index (χ4v) is 12.5. The van der Waals surface area contributed by atoms with Crippen molar-refractivity contribution in [1.82, 2.24) is 9.80 Å². The van der Waals surface area contributed by atoms with Crippen LogP contribution in [-0.4, -0.2) is 96.8 Å². The molecule has 5 unspecified atom stereocenters. The van der Waals surface area contributed by atoms with Crippen LogP contribution in [0.5, 0.6) is 0 Å². The van der Waals surface area contributed by atoms with Gasteiger partial charge in [0, 0.05) is 31.6 Å². The van der Waals surface area contributed by atoms with Gasteiger partial charge in [-0.15, -0.1) is 0 Å². The number of fused-ring (bicyclic) bond motifs is 2. The van der Waals surface area contributed by atoms with Crippen LogP contribution < -0.4 is 0 Å². The summed E-state index contributed by atoms with van der Waals surface area (Å²) in [6, 6.07) is 0.658. The number of allylic oxidation sites excluding steroid dienone is 1. The molecule has 6 fully saturated rings. The number of aldehydes is 1. The van der Waals surface area contributed by atoms with Crippen LogP contribution in [-0.2, 0) is 19.0 Å². The average molecular weight is 655 g/mol. The van der Waals surface area contributed by atoms with Gasteiger partial charge in [0.1, 0.15) is 18.7 Å². The Hall–Kier alpha value is -0.830. The Morgan fingerprint density at radius 2 is 1.74 bits per heavy atom. The second-order valence-electron chi connectivity index (χ2n) is 17.8. The number of aliphatic hydroxyl groups is 1. The molecule has 0 aromatic carbocycles. The average Bonchev–Trinajstić information content (AvgIpc) is 3.73. The zero-order valence-electron chi connectivity index (χ0n) is 30.4. The lowest BCUT2D eigenvalue weighted by molar-refractivity contribution is -0.196. The molecule has 3 heterocycles. The first-order valence-electron chi connectivity index (χ1n) is 19.8. The van der Waals surface area contributed by atoms with E-state index >= 15 is 0 Å². The molecule has 7 aliphatic rings.